The van der Waals surface area contributed by atoms with Gasteiger partial charge in [-0.2, -0.15) is 5.26 Å². The maximum absolute atomic E-state index is 13.0. The van der Waals surface area contributed by atoms with Crippen molar-refractivity contribution >= 4 is 29.9 Å². The van der Waals surface area contributed by atoms with Gasteiger partial charge in [-0.05, 0) is 5.41 Å². The molecular formula is C24H30BN3O7. The van der Waals surface area contributed by atoms with Crippen molar-refractivity contribution < 1.29 is 33.5 Å². The number of allylic oxidation sites excluding steroid dienone is 1. The van der Waals surface area contributed by atoms with E-state index in [1.165, 1.54) is 11.2 Å². The fourth-order valence-corrected chi connectivity index (χ4v) is 3.87. The molecule has 0 bridgehead atoms. The normalized spacial score (nSPS) is 17.5. The molecule has 0 saturated carbocycles. The van der Waals surface area contributed by atoms with Crippen molar-refractivity contribution in [2.45, 2.75) is 39.2 Å². The van der Waals surface area contributed by atoms with Gasteiger partial charge in [0, 0.05) is 23.6 Å². The molecule has 1 aliphatic rings. The molecule has 2 heterocycles. The highest BCUT2D eigenvalue weighted by Gasteiger charge is 2.32. The summed E-state index contributed by atoms with van der Waals surface area (Å²) in [4.78, 5) is 27.1. The Hall–Kier alpha value is -3.33. The zero-order valence-electron chi connectivity index (χ0n) is 20.1. The summed E-state index contributed by atoms with van der Waals surface area (Å²) in [5.74, 6) is -0.0718. The van der Waals surface area contributed by atoms with Crippen LogP contribution >= 0.6 is 0 Å². The predicted molar refractivity (Wildman–Crippen MR) is 128 cm³/mol. The van der Waals surface area contributed by atoms with Crippen LogP contribution in [0.3, 0.4) is 0 Å². The van der Waals surface area contributed by atoms with Gasteiger partial charge in [0.2, 0.25) is 0 Å². The van der Waals surface area contributed by atoms with Gasteiger partial charge >= 0.3 is 13.2 Å². The van der Waals surface area contributed by atoms with E-state index >= 15 is 0 Å². The van der Waals surface area contributed by atoms with E-state index in [0.717, 1.165) is 10.8 Å². The molecule has 2 amide bonds. The fraction of sp³-hybridized carbons (Fsp3) is 0.458. The van der Waals surface area contributed by atoms with Crippen LogP contribution in [0.15, 0.2) is 46.6 Å². The van der Waals surface area contributed by atoms with Crippen molar-refractivity contribution in [3.63, 3.8) is 0 Å². The molecule has 11 heteroatoms. The Kier molecular flexibility index (Phi) is 8.56. The topological polar surface area (TPSA) is 145 Å². The number of carbonyl (C=O) groups is 2. The highest BCUT2D eigenvalue weighted by molar-refractivity contribution is 6.41. The lowest BCUT2D eigenvalue weighted by atomic mass is 9.80. The predicted octanol–water partition coefficient (Wildman–Crippen LogP) is 2.40. The second-order valence-corrected chi connectivity index (χ2v) is 9.46. The van der Waals surface area contributed by atoms with E-state index in [2.05, 4.69) is 5.32 Å². The van der Waals surface area contributed by atoms with E-state index < -0.39 is 31.2 Å². The Balaban J connectivity index is 1.68. The molecule has 1 unspecified atom stereocenters. The molecule has 35 heavy (non-hydrogen) atoms. The van der Waals surface area contributed by atoms with Gasteiger partial charge < -0.3 is 34.2 Å². The van der Waals surface area contributed by atoms with Gasteiger partial charge in [0.05, 0.1) is 31.6 Å². The summed E-state index contributed by atoms with van der Waals surface area (Å²) in [7, 11) is -1.69. The van der Waals surface area contributed by atoms with E-state index in [-0.39, 0.29) is 37.1 Å². The summed E-state index contributed by atoms with van der Waals surface area (Å²) in [5, 5.41) is 32.7. The van der Waals surface area contributed by atoms with Crippen molar-refractivity contribution in [1.82, 2.24) is 10.2 Å². The maximum atomic E-state index is 13.0. The van der Waals surface area contributed by atoms with Crippen LogP contribution in [-0.4, -0.2) is 66.5 Å². The second kappa shape index (κ2) is 11.4. The van der Waals surface area contributed by atoms with Crippen LogP contribution in [0, 0.1) is 16.7 Å². The summed E-state index contributed by atoms with van der Waals surface area (Å²) >= 11 is 0. The monoisotopic (exact) mass is 483 g/mol. The number of hydrogen-bond acceptors (Lipinski definition) is 8. The average molecular weight is 483 g/mol. The number of alkyl carbamates (subject to hydrolysis) is 1. The van der Waals surface area contributed by atoms with Gasteiger partial charge in [-0.15, -0.1) is 0 Å². The summed E-state index contributed by atoms with van der Waals surface area (Å²) in [6, 6.07) is 7.82. The molecule has 0 spiro atoms. The van der Waals surface area contributed by atoms with E-state index in [9.17, 15) is 24.9 Å². The van der Waals surface area contributed by atoms with Crippen molar-refractivity contribution in [1.29, 1.82) is 5.26 Å². The summed E-state index contributed by atoms with van der Waals surface area (Å²) < 4.78 is 16.4. The molecule has 1 saturated heterocycles. The van der Waals surface area contributed by atoms with Crippen LogP contribution in [-0.2, 0) is 14.3 Å². The minimum absolute atomic E-state index is 0.0237. The number of amides is 2. The van der Waals surface area contributed by atoms with Gasteiger partial charge in [0.1, 0.15) is 24.0 Å². The lowest BCUT2D eigenvalue weighted by Crippen LogP contribution is -2.52. The van der Waals surface area contributed by atoms with Crippen LogP contribution in [0.4, 0.5) is 4.79 Å². The molecule has 10 nitrogen and oxygen atoms in total. The van der Waals surface area contributed by atoms with E-state index in [1.54, 1.807) is 12.1 Å². The van der Waals surface area contributed by atoms with Crippen molar-refractivity contribution in [3.8, 4) is 6.07 Å². The molecule has 2 aromatic rings. The molecule has 3 rings (SSSR count). The zero-order valence-corrected chi connectivity index (χ0v) is 20.1. The van der Waals surface area contributed by atoms with Crippen molar-refractivity contribution in [2.75, 3.05) is 26.4 Å². The highest BCUT2D eigenvalue weighted by atomic mass is 16.6. The standard InChI is InChI=1S/C24H30BN3O7/c1-24(2,3)10-17(12-26)22(29)28-8-9-33-14-18(28)15-35-23(30)27-20(11-25(31)32)21-19-7-5-4-6-16(19)13-34-21/h4-7,10,13,18,20,31-32H,8-9,11,14-15H2,1-3H3,(H,27,30)/t18-,20?/m1/s1. The number of furan rings is 1. The summed E-state index contributed by atoms with van der Waals surface area (Å²) in [6.07, 6.45) is 2.11. The van der Waals surface area contributed by atoms with Gasteiger partial charge in [-0.1, -0.05) is 51.1 Å². The number of carbonyl (C=O) groups excluding carboxylic acids is 2. The summed E-state index contributed by atoms with van der Waals surface area (Å²) in [6.45, 7) is 6.23. The Morgan fingerprint density at radius 1 is 1.37 bits per heavy atom. The first-order chi connectivity index (χ1) is 16.6. The Bertz CT molecular complexity index is 1120. The van der Waals surface area contributed by atoms with Gasteiger partial charge in [-0.25, -0.2) is 4.79 Å². The Morgan fingerprint density at radius 3 is 2.80 bits per heavy atom. The molecule has 0 aliphatic carbocycles. The number of nitriles is 1. The van der Waals surface area contributed by atoms with E-state index in [0.29, 0.717) is 12.4 Å². The third kappa shape index (κ3) is 7.08. The number of nitrogens with zero attached hydrogens (tertiary/aromatic N) is 2. The van der Waals surface area contributed by atoms with Crippen molar-refractivity contribution in [3.05, 3.63) is 47.9 Å². The van der Waals surface area contributed by atoms with Crippen LogP contribution in [0.25, 0.3) is 10.8 Å². The third-order valence-corrected chi connectivity index (χ3v) is 5.42. The number of ether oxygens (including phenoxy) is 2. The zero-order chi connectivity index (χ0) is 25.6. The lowest BCUT2D eigenvalue weighted by molar-refractivity contribution is -0.137. The molecule has 1 fully saturated rings. The van der Waals surface area contributed by atoms with Crippen LogP contribution in [0.1, 0.15) is 32.6 Å². The van der Waals surface area contributed by atoms with E-state index in [4.69, 9.17) is 13.9 Å². The van der Waals surface area contributed by atoms with E-state index in [1.807, 2.05) is 45.0 Å². The number of hydrogen-bond donors (Lipinski definition) is 3. The first-order valence-electron chi connectivity index (χ1n) is 11.4. The first-order valence-corrected chi connectivity index (χ1v) is 11.4. The maximum Gasteiger partial charge on any atom is 0.454 e. The molecule has 0 radical (unpaired) electrons. The molecule has 2 atom stereocenters. The smallest absolute Gasteiger partial charge is 0.454 e. The molecule has 1 aromatic carbocycles. The van der Waals surface area contributed by atoms with Crippen molar-refractivity contribution in [2.24, 2.45) is 5.41 Å². The molecule has 186 valence electrons. The Morgan fingerprint density at radius 2 is 2.11 bits per heavy atom. The molecule has 1 aromatic heterocycles. The fourth-order valence-electron chi connectivity index (χ4n) is 3.87. The van der Waals surface area contributed by atoms with Gasteiger partial charge in [0.25, 0.3) is 5.91 Å². The molecular weight excluding hydrogens is 453 g/mol. The van der Waals surface area contributed by atoms with Gasteiger partial charge in [-0.3, -0.25) is 4.79 Å². The summed E-state index contributed by atoms with van der Waals surface area (Å²) in [5.41, 5.74) is -0.336. The number of nitrogens with one attached hydrogen (secondary N) is 1. The van der Waals surface area contributed by atoms with Crippen LogP contribution in [0.2, 0.25) is 6.32 Å². The van der Waals surface area contributed by atoms with Gasteiger partial charge in [0.15, 0.2) is 0 Å². The minimum Gasteiger partial charge on any atom is -0.466 e. The lowest BCUT2D eigenvalue weighted by Gasteiger charge is -2.35. The first kappa shape index (κ1) is 26.3. The SMILES string of the molecule is CC(C)(C)C=C(C#N)C(=O)N1CCOC[C@@H]1COC(=O)NC(CB(O)O)c1occ2ccccc12. The Labute approximate surface area is 204 Å². The molecule has 1 aliphatic heterocycles. The number of fused-ring (bicyclic) bond motifs is 1. The highest BCUT2D eigenvalue weighted by Crippen LogP contribution is 2.29. The quantitative estimate of drug-likeness (QED) is 0.309. The largest absolute Gasteiger partial charge is 0.466 e. The third-order valence-electron chi connectivity index (χ3n) is 5.42. The minimum atomic E-state index is -1.69. The van der Waals surface area contributed by atoms with Crippen LogP contribution < -0.4 is 5.32 Å². The number of rotatable bonds is 7. The second-order valence-electron chi connectivity index (χ2n) is 9.46. The number of benzene rings is 1. The van der Waals surface area contributed by atoms with Crippen LogP contribution in [0.5, 0.6) is 0 Å². The average Bonchev–Trinajstić information content (AvgIpc) is 3.24. The molecule has 3 N–H and O–H groups in total. The number of morpholine rings is 1.